The highest BCUT2D eigenvalue weighted by Crippen LogP contribution is 2.50. The molecular weight excluding hydrogens is 410 g/mol. The Balaban J connectivity index is 1.96. The summed E-state index contributed by atoms with van der Waals surface area (Å²) in [7, 11) is 1.66. The number of oxime groups is 1. The van der Waals surface area contributed by atoms with Crippen LogP contribution in [0.25, 0.3) is 0 Å². The highest BCUT2D eigenvalue weighted by atomic mass is 16.7. The van der Waals surface area contributed by atoms with Gasteiger partial charge >= 0.3 is 0 Å². The smallest absolute Gasteiger partial charge is 0.187 e. The molecule has 1 aliphatic heterocycles. The molecule has 1 unspecified atom stereocenters. The molecule has 4 nitrogen and oxygen atoms in total. The molecule has 2 aromatic rings. The first-order valence-corrected chi connectivity index (χ1v) is 11.4. The summed E-state index contributed by atoms with van der Waals surface area (Å²) < 4.78 is 5.39. The van der Waals surface area contributed by atoms with Crippen LogP contribution in [-0.4, -0.2) is 24.2 Å². The molecule has 0 fully saturated rings. The van der Waals surface area contributed by atoms with Gasteiger partial charge < -0.3 is 9.57 Å². The lowest BCUT2D eigenvalue weighted by Gasteiger charge is -2.38. The van der Waals surface area contributed by atoms with Crippen LogP contribution < -0.4 is 4.74 Å². The van der Waals surface area contributed by atoms with E-state index in [4.69, 9.17) is 9.57 Å². The summed E-state index contributed by atoms with van der Waals surface area (Å²) >= 11 is 0. The summed E-state index contributed by atoms with van der Waals surface area (Å²) in [5.74, 6) is 0.667. The first kappa shape index (κ1) is 23.0. The van der Waals surface area contributed by atoms with E-state index in [1.54, 1.807) is 7.11 Å². The molecule has 0 bridgehead atoms. The van der Waals surface area contributed by atoms with Crippen LogP contribution in [0.1, 0.15) is 58.6 Å². The van der Waals surface area contributed by atoms with Crippen molar-refractivity contribution in [2.45, 2.75) is 53.1 Å². The zero-order valence-corrected chi connectivity index (χ0v) is 20.6. The third-order valence-electron chi connectivity index (χ3n) is 6.39. The van der Waals surface area contributed by atoms with E-state index >= 15 is 0 Å². The fourth-order valence-corrected chi connectivity index (χ4v) is 4.59. The van der Waals surface area contributed by atoms with E-state index in [1.807, 2.05) is 42.5 Å². The maximum Gasteiger partial charge on any atom is 0.187 e. The second kappa shape index (κ2) is 8.02. The summed E-state index contributed by atoms with van der Waals surface area (Å²) in [5, 5.41) is 4.63. The third kappa shape index (κ3) is 4.15. The van der Waals surface area contributed by atoms with Gasteiger partial charge in [-0.15, -0.1) is 0 Å². The van der Waals surface area contributed by atoms with E-state index in [0.717, 1.165) is 33.7 Å². The van der Waals surface area contributed by atoms with Crippen LogP contribution in [0.3, 0.4) is 0 Å². The van der Waals surface area contributed by atoms with Crippen molar-refractivity contribution in [1.29, 1.82) is 0 Å². The molecule has 1 atom stereocenters. The minimum absolute atomic E-state index is 0.0888. The Morgan fingerprint density at radius 3 is 1.88 bits per heavy atom. The maximum absolute atomic E-state index is 13.6. The highest BCUT2D eigenvalue weighted by molar-refractivity contribution is 6.13. The van der Waals surface area contributed by atoms with Gasteiger partial charge in [-0.05, 0) is 40.7 Å². The van der Waals surface area contributed by atoms with E-state index < -0.39 is 5.60 Å². The zero-order valence-electron chi connectivity index (χ0n) is 20.6. The molecule has 0 amide bonds. The van der Waals surface area contributed by atoms with Crippen LogP contribution >= 0.6 is 0 Å². The van der Waals surface area contributed by atoms with Gasteiger partial charge in [-0.25, -0.2) is 0 Å². The maximum atomic E-state index is 13.6. The minimum Gasteiger partial charge on any atom is -0.497 e. The van der Waals surface area contributed by atoms with Crippen molar-refractivity contribution in [3.8, 4) is 5.75 Å². The van der Waals surface area contributed by atoms with Crippen molar-refractivity contribution >= 4 is 11.5 Å². The molecule has 1 aliphatic carbocycles. The first-order chi connectivity index (χ1) is 15.5. The van der Waals surface area contributed by atoms with Crippen LogP contribution in [0.5, 0.6) is 5.75 Å². The number of Topliss-reactive ketones (excluding diaryl/α,β-unsaturated/α-hetero) is 1. The molecule has 0 N–H and O–H groups in total. The van der Waals surface area contributed by atoms with Crippen LogP contribution in [0, 0.1) is 10.8 Å². The van der Waals surface area contributed by atoms with Gasteiger partial charge in [-0.2, -0.15) is 0 Å². The Bertz CT molecular complexity index is 1110. The predicted molar refractivity (Wildman–Crippen MR) is 133 cm³/mol. The van der Waals surface area contributed by atoms with Gasteiger partial charge in [-0.3, -0.25) is 4.79 Å². The Labute approximate surface area is 197 Å². The molecule has 4 heteroatoms. The summed E-state index contributed by atoms with van der Waals surface area (Å²) in [6.45, 7) is 12.5. The quantitative estimate of drug-likeness (QED) is 0.545. The second-order valence-electron chi connectivity index (χ2n) is 10.9. The zero-order chi connectivity index (χ0) is 24.0. The normalized spacial score (nSPS) is 20.2. The summed E-state index contributed by atoms with van der Waals surface area (Å²) in [6.07, 6.45) is 4.03. The Kier molecular flexibility index (Phi) is 5.60. The number of carbonyl (C=O) groups excluding carboxylic acids is 1. The number of rotatable bonds is 3. The van der Waals surface area contributed by atoms with Crippen LogP contribution in [-0.2, 0) is 9.63 Å². The molecule has 1 heterocycles. The summed E-state index contributed by atoms with van der Waals surface area (Å²) in [4.78, 5) is 19.9. The highest BCUT2D eigenvalue weighted by Gasteiger charge is 2.52. The number of carbonyl (C=O) groups is 1. The third-order valence-corrected chi connectivity index (χ3v) is 6.39. The fourth-order valence-electron chi connectivity index (χ4n) is 4.59. The van der Waals surface area contributed by atoms with Crippen molar-refractivity contribution in [3.63, 3.8) is 0 Å². The number of nitrogens with zero attached hydrogens (tertiary/aromatic N) is 1. The topological polar surface area (TPSA) is 47.9 Å². The van der Waals surface area contributed by atoms with Gasteiger partial charge in [0.05, 0.1) is 18.7 Å². The molecule has 0 saturated carbocycles. The monoisotopic (exact) mass is 443 g/mol. The fraction of sp³-hybridized carbons (Fsp3) is 0.379. The largest absolute Gasteiger partial charge is 0.497 e. The van der Waals surface area contributed by atoms with Gasteiger partial charge in [0.2, 0.25) is 0 Å². The van der Waals surface area contributed by atoms with E-state index in [1.165, 1.54) is 0 Å². The van der Waals surface area contributed by atoms with Gasteiger partial charge in [0.15, 0.2) is 11.4 Å². The molecule has 0 saturated heterocycles. The van der Waals surface area contributed by atoms with Crippen molar-refractivity contribution < 1.29 is 14.4 Å². The lowest BCUT2D eigenvalue weighted by Crippen LogP contribution is -2.41. The van der Waals surface area contributed by atoms with E-state index in [9.17, 15) is 4.79 Å². The molecule has 172 valence electrons. The molecule has 1 spiro atoms. The van der Waals surface area contributed by atoms with Crippen LogP contribution in [0.15, 0.2) is 83.1 Å². The summed E-state index contributed by atoms with van der Waals surface area (Å²) in [5.41, 5.74) is 2.87. The Morgan fingerprint density at radius 2 is 1.39 bits per heavy atom. The van der Waals surface area contributed by atoms with E-state index in [2.05, 4.69) is 71.0 Å². The lowest BCUT2D eigenvalue weighted by atomic mass is 9.65. The van der Waals surface area contributed by atoms with Crippen LogP contribution in [0.4, 0.5) is 0 Å². The van der Waals surface area contributed by atoms with Crippen LogP contribution in [0.2, 0.25) is 0 Å². The number of ether oxygens (including phenoxy) is 1. The number of allylic oxidation sites excluding steroid dienone is 2. The van der Waals surface area contributed by atoms with Gasteiger partial charge in [0.25, 0.3) is 0 Å². The average molecular weight is 444 g/mol. The average Bonchev–Trinajstić information content (AvgIpc) is 3.13. The number of hydrogen-bond acceptors (Lipinski definition) is 4. The van der Waals surface area contributed by atoms with Gasteiger partial charge in [-0.1, -0.05) is 89.2 Å². The molecule has 2 aliphatic rings. The van der Waals surface area contributed by atoms with Crippen molar-refractivity contribution in [2.24, 2.45) is 16.0 Å². The Hall–Kier alpha value is -3.14. The number of benzene rings is 2. The minimum atomic E-state index is -0.890. The Morgan fingerprint density at radius 1 is 0.848 bits per heavy atom. The van der Waals surface area contributed by atoms with Crippen molar-refractivity contribution in [3.05, 3.63) is 89.0 Å². The number of hydrogen-bond donors (Lipinski definition) is 0. The van der Waals surface area contributed by atoms with Crippen molar-refractivity contribution in [2.75, 3.05) is 7.11 Å². The number of methoxy groups -OCH3 is 1. The predicted octanol–water partition coefficient (Wildman–Crippen LogP) is 6.48. The molecule has 4 rings (SSSR count). The first-order valence-electron chi connectivity index (χ1n) is 11.4. The lowest BCUT2D eigenvalue weighted by molar-refractivity contribution is -0.114. The van der Waals surface area contributed by atoms with Crippen molar-refractivity contribution in [1.82, 2.24) is 0 Å². The molecule has 2 aromatic carbocycles. The standard InChI is InChI=1S/C29H33NO3/c1-27(2,3)22-17-29(18-23(26(22)31)28(4,5)6)24(19-13-15-21(32-7)16-14-19)25(30-33-29)20-11-9-8-10-12-20/h8-18,24H,1-7H3. The number of ketones is 1. The SMILES string of the molecule is COc1ccc(C2C(c3ccccc3)=NOC23C=C(C(C)(C)C)C(=O)C(C(C)(C)C)=C3)cc1. The second-order valence-corrected chi connectivity index (χ2v) is 10.9. The van der Waals surface area contributed by atoms with E-state index in [0.29, 0.717) is 0 Å². The van der Waals surface area contributed by atoms with E-state index in [-0.39, 0.29) is 22.5 Å². The summed E-state index contributed by atoms with van der Waals surface area (Å²) in [6, 6.07) is 18.1. The van der Waals surface area contributed by atoms with Gasteiger partial charge in [0, 0.05) is 16.7 Å². The molecular formula is C29H33NO3. The molecule has 0 radical (unpaired) electrons. The molecule has 33 heavy (non-hydrogen) atoms. The van der Waals surface area contributed by atoms with Gasteiger partial charge in [0.1, 0.15) is 5.75 Å². The molecule has 0 aromatic heterocycles.